The third-order valence-electron chi connectivity index (χ3n) is 3.26. The fourth-order valence-corrected chi connectivity index (χ4v) is 1.29. The molecule has 0 saturated heterocycles. The summed E-state index contributed by atoms with van der Waals surface area (Å²) in [7, 11) is 0. The molecule has 0 fully saturated rings. The molecule has 0 heteroatoms. The molecule has 0 N–H and O–H groups in total. The number of hydrogen-bond acceptors (Lipinski definition) is 0. The third-order valence-corrected chi connectivity index (χ3v) is 3.26. The van der Waals surface area contributed by atoms with E-state index < -0.39 is 0 Å². The molecule has 2 unspecified atom stereocenters. The van der Waals surface area contributed by atoms with Crippen LogP contribution in [0.5, 0.6) is 0 Å². The van der Waals surface area contributed by atoms with Crippen molar-refractivity contribution < 1.29 is 0 Å². The van der Waals surface area contributed by atoms with Crippen molar-refractivity contribution >= 4 is 0 Å². The fourth-order valence-electron chi connectivity index (χ4n) is 1.29. The summed E-state index contributed by atoms with van der Waals surface area (Å²) in [6, 6.07) is 0. The zero-order chi connectivity index (χ0) is 9.07. The molecule has 0 nitrogen and oxygen atoms in total. The van der Waals surface area contributed by atoms with Crippen LogP contribution in [-0.4, -0.2) is 0 Å². The van der Waals surface area contributed by atoms with Gasteiger partial charge in [-0.15, -0.1) is 0 Å². The Bertz CT molecular complexity index is 101. The molecule has 0 aliphatic heterocycles. The minimum Gasteiger partial charge on any atom is -0.0654 e. The molecule has 0 saturated carbocycles. The summed E-state index contributed by atoms with van der Waals surface area (Å²) in [4.78, 5) is 0. The van der Waals surface area contributed by atoms with Crippen LogP contribution in [0.1, 0.15) is 47.5 Å². The summed E-state index contributed by atoms with van der Waals surface area (Å²) in [5.74, 6) is 1.34. The Morgan fingerprint density at radius 2 is 1.73 bits per heavy atom. The lowest BCUT2D eigenvalue weighted by Gasteiger charge is -2.35. The number of hydrogen-bond donors (Lipinski definition) is 0. The van der Waals surface area contributed by atoms with Crippen LogP contribution in [0.25, 0.3) is 0 Å². The van der Waals surface area contributed by atoms with E-state index in [0.717, 1.165) is 5.92 Å². The molecular weight excluding hydrogens is 132 g/mol. The second kappa shape index (κ2) is 4.13. The van der Waals surface area contributed by atoms with E-state index >= 15 is 0 Å². The molecule has 0 bridgehead atoms. The lowest BCUT2D eigenvalue weighted by Crippen LogP contribution is -2.27. The monoisotopic (exact) mass is 155 g/mol. The van der Waals surface area contributed by atoms with E-state index in [9.17, 15) is 0 Å². The van der Waals surface area contributed by atoms with Crippen LogP contribution < -0.4 is 0 Å². The van der Waals surface area contributed by atoms with E-state index in [1.165, 1.54) is 12.8 Å². The summed E-state index contributed by atoms with van der Waals surface area (Å²) in [5.41, 5.74) is 0.399. The fraction of sp³-hybridized carbons (Fsp3) is 0.909. The van der Waals surface area contributed by atoms with E-state index in [-0.39, 0.29) is 0 Å². The second-order valence-electron chi connectivity index (χ2n) is 4.41. The van der Waals surface area contributed by atoms with Gasteiger partial charge in [0.1, 0.15) is 0 Å². The molecule has 0 heterocycles. The van der Waals surface area contributed by atoms with Crippen molar-refractivity contribution in [1.29, 1.82) is 0 Å². The van der Waals surface area contributed by atoms with Crippen molar-refractivity contribution in [1.82, 2.24) is 0 Å². The predicted molar refractivity (Wildman–Crippen MR) is 52.4 cm³/mol. The maximum atomic E-state index is 4.11. The van der Waals surface area contributed by atoms with Gasteiger partial charge >= 0.3 is 0 Å². The zero-order valence-electron chi connectivity index (χ0n) is 8.78. The molecule has 2 atom stereocenters. The zero-order valence-corrected chi connectivity index (χ0v) is 8.78. The van der Waals surface area contributed by atoms with Gasteiger partial charge in [-0.05, 0) is 24.2 Å². The van der Waals surface area contributed by atoms with Crippen LogP contribution in [0.3, 0.4) is 0 Å². The van der Waals surface area contributed by atoms with Crippen molar-refractivity contribution in [2.45, 2.75) is 47.5 Å². The first-order chi connectivity index (χ1) is 4.92. The van der Waals surface area contributed by atoms with Gasteiger partial charge in [-0.1, -0.05) is 47.5 Å². The Labute approximate surface area is 72.4 Å². The van der Waals surface area contributed by atoms with Crippen molar-refractivity contribution in [2.24, 2.45) is 17.3 Å². The first kappa shape index (κ1) is 11.0. The van der Waals surface area contributed by atoms with E-state index in [1.54, 1.807) is 0 Å². The highest BCUT2D eigenvalue weighted by Crippen LogP contribution is 2.36. The Kier molecular flexibility index (Phi) is 4.13. The largest absolute Gasteiger partial charge is 0.0654 e. The van der Waals surface area contributed by atoms with Gasteiger partial charge in [0.15, 0.2) is 0 Å². The molecule has 0 aromatic carbocycles. The highest BCUT2D eigenvalue weighted by atomic mass is 14.3. The van der Waals surface area contributed by atoms with Gasteiger partial charge in [0.25, 0.3) is 0 Å². The maximum absolute atomic E-state index is 4.11. The van der Waals surface area contributed by atoms with Gasteiger partial charge in [-0.2, -0.15) is 0 Å². The molecule has 0 rings (SSSR count). The summed E-state index contributed by atoms with van der Waals surface area (Å²) < 4.78 is 0. The predicted octanol–water partition coefficient (Wildman–Crippen LogP) is 3.92. The highest BCUT2D eigenvalue weighted by molar-refractivity contribution is 4.81. The van der Waals surface area contributed by atoms with Gasteiger partial charge in [-0.3, -0.25) is 0 Å². The van der Waals surface area contributed by atoms with Gasteiger partial charge in [0, 0.05) is 0 Å². The first-order valence-electron chi connectivity index (χ1n) is 4.76. The maximum Gasteiger partial charge on any atom is -0.0303 e. The average Bonchev–Trinajstić information content (AvgIpc) is 1.88. The Balaban J connectivity index is 4.05. The molecule has 67 valence electrons. The minimum atomic E-state index is 0.399. The molecule has 0 aromatic heterocycles. The Hall–Kier alpha value is 0. The topological polar surface area (TPSA) is 0 Å². The molecule has 0 aliphatic carbocycles. The molecule has 0 amide bonds. The van der Waals surface area contributed by atoms with E-state index in [1.807, 2.05) is 0 Å². The van der Waals surface area contributed by atoms with Crippen molar-refractivity contribution in [3.8, 4) is 0 Å². The summed E-state index contributed by atoms with van der Waals surface area (Å²) >= 11 is 0. The minimum absolute atomic E-state index is 0.399. The lowest BCUT2D eigenvalue weighted by molar-refractivity contribution is 0.158. The van der Waals surface area contributed by atoms with E-state index in [2.05, 4.69) is 41.5 Å². The molecular formula is C11H23. The Morgan fingerprint density at radius 1 is 1.27 bits per heavy atom. The second-order valence-corrected chi connectivity index (χ2v) is 4.41. The van der Waals surface area contributed by atoms with Crippen LogP contribution in [0, 0.1) is 24.2 Å². The average molecular weight is 155 g/mol. The van der Waals surface area contributed by atoms with Crippen molar-refractivity contribution in [3.05, 3.63) is 6.92 Å². The van der Waals surface area contributed by atoms with Crippen LogP contribution in [0.2, 0.25) is 0 Å². The van der Waals surface area contributed by atoms with Crippen molar-refractivity contribution in [2.75, 3.05) is 0 Å². The lowest BCUT2D eigenvalue weighted by atomic mass is 9.70. The van der Waals surface area contributed by atoms with Crippen LogP contribution in [0.4, 0.5) is 0 Å². The quantitative estimate of drug-likeness (QED) is 0.577. The summed E-state index contributed by atoms with van der Waals surface area (Å²) in [6.45, 7) is 15.6. The van der Waals surface area contributed by atoms with Crippen LogP contribution >= 0.6 is 0 Å². The standard InChI is InChI=1S/C11H23/c1-7-8-10(4)11(5,6)9(2)3/h9-10H,2,7-8H2,1,3-6H3. The third kappa shape index (κ3) is 2.84. The molecule has 1 radical (unpaired) electrons. The number of rotatable bonds is 4. The van der Waals surface area contributed by atoms with Crippen LogP contribution in [-0.2, 0) is 0 Å². The molecule has 0 spiro atoms. The van der Waals surface area contributed by atoms with Gasteiger partial charge in [-0.25, -0.2) is 0 Å². The molecule has 11 heavy (non-hydrogen) atoms. The van der Waals surface area contributed by atoms with Crippen molar-refractivity contribution in [3.63, 3.8) is 0 Å². The van der Waals surface area contributed by atoms with Gasteiger partial charge < -0.3 is 0 Å². The summed E-state index contributed by atoms with van der Waals surface area (Å²) in [6.07, 6.45) is 2.62. The van der Waals surface area contributed by atoms with Gasteiger partial charge in [0.05, 0.1) is 0 Å². The van der Waals surface area contributed by atoms with E-state index in [4.69, 9.17) is 0 Å². The molecule has 0 aliphatic rings. The highest BCUT2D eigenvalue weighted by Gasteiger charge is 2.28. The van der Waals surface area contributed by atoms with Crippen LogP contribution in [0.15, 0.2) is 0 Å². The smallest absolute Gasteiger partial charge is 0.0303 e. The summed E-state index contributed by atoms with van der Waals surface area (Å²) in [5, 5.41) is 0. The first-order valence-corrected chi connectivity index (χ1v) is 4.76. The van der Waals surface area contributed by atoms with E-state index in [0.29, 0.717) is 11.3 Å². The Morgan fingerprint density at radius 3 is 2.00 bits per heavy atom. The normalized spacial score (nSPS) is 15.5. The molecule has 0 aromatic rings. The van der Waals surface area contributed by atoms with Gasteiger partial charge in [0.2, 0.25) is 0 Å². The SMILES string of the molecule is [CH2]C(C)C(C)(C)C(C)CCC.